The van der Waals surface area contributed by atoms with Gasteiger partial charge in [0.15, 0.2) is 0 Å². The quantitative estimate of drug-likeness (QED) is 0.779. The summed E-state index contributed by atoms with van der Waals surface area (Å²) < 4.78 is 0. The molecule has 3 rings (SSSR count). The number of likely N-dealkylation sites (N-methyl/N-ethyl adjacent to an activating group) is 1. The van der Waals surface area contributed by atoms with E-state index in [0.717, 1.165) is 24.2 Å². The van der Waals surface area contributed by atoms with Crippen molar-refractivity contribution in [2.45, 2.75) is 19.4 Å². The largest absolute Gasteiger partial charge is 0.309 e. The first-order valence-electron chi connectivity index (χ1n) is 7.20. The summed E-state index contributed by atoms with van der Waals surface area (Å²) in [4.78, 5) is 13.0. The molecule has 1 aromatic carbocycles. The second-order valence-electron chi connectivity index (χ2n) is 4.93. The number of nitrogens with zero attached hydrogens (tertiary/aromatic N) is 3. The lowest BCUT2D eigenvalue weighted by atomic mass is 10.00. The Labute approximate surface area is 124 Å². The zero-order valence-corrected chi connectivity index (χ0v) is 12.0. The summed E-state index contributed by atoms with van der Waals surface area (Å²) in [5.74, 6) is 0. The van der Waals surface area contributed by atoms with Crippen LogP contribution in [-0.2, 0) is 6.42 Å². The van der Waals surface area contributed by atoms with Crippen LogP contribution in [0.3, 0.4) is 0 Å². The molecule has 2 heterocycles. The molecule has 1 unspecified atom stereocenters. The molecule has 0 aliphatic rings. The summed E-state index contributed by atoms with van der Waals surface area (Å²) in [7, 11) is 0. The maximum Gasteiger partial charge on any atom is 0.0759 e. The minimum Gasteiger partial charge on any atom is -0.309 e. The molecule has 0 spiro atoms. The van der Waals surface area contributed by atoms with Gasteiger partial charge in [-0.2, -0.15) is 0 Å². The molecule has 0 aliphatic carbocycles. The second kappa shape index (κ2) is 6.41. The second-order valence-corrected chi connectivity index (χ2v) is 4.93. The molecule has 1 N–H and O–H groups in total. The third-order valence-electron chi connectivity index (χ3n) is 3.55. The minimum absolute atomic E-state index is 0.162. The molecule has 0 saturated carbocycles. The van der Waals surface area contributed by atoms with E-state index in [1.807, 2.05) is 24.5 Å². The van der Waals surface area contributed by atoms with Gasteiger partial charge in [-0.1, -0.05) is 25.1 Å². The Morgan fingerprint density at radius 1 is 1.05 bits per heavy atom. The van der Waals surface area contributed by atoms with Crippen LogP contribution in [-0.4, -0.2) is 21.5 Å². The molecule has 4 nitrogen and oxygen atoms in total. The Morgan fingerprint density at radius 3 is 2.76 bits per heavy atom. The lowest BCUT2D eigenvalue weighted by Gasteiger charge is -2.18. The third kappa shape index (κ3) is 3.06. The van der Waals surface area contributed by atoms with Crippen LogP contribution in [0.25, 0.3) is 10.9 Å². The molecule has 0 fully saturated rings. The zero-order chi connectivity index (χ0) is 14.5. The molecular weight excluding hydrogens is 260 g/mol. The van der Waals surface area contributed by atoms with Crippen molar-refractivity contribution in [1.29, 1.82) is 0 Å². The van der Waals surface area contributed by atoms with Gasteiger partial charge in [0.1, 0.15) is 0 Å². The number of nitrogens with one attached hydrogen (secondary N) is 1. The fourth-order valence-electron chi connectivity index (χ4n) is 2.57. The van der Waals surface area contributed by atoms with Crippen LogP contribution in [0.1, 0.15) is 24.2 Å². The van der Waals surface area contributed by atoms with E-state index in [9.17, 15) is 0 Å². The molecule has 106 valence electrons. The van der Waals surface area contributed by atoms with Gasteiger partial charge in [0.2, 0.25) is 0 Å². The van der Waals surface area contributed by atoms with E-state index >= 15 is 0 Å². The molecule has 21 heavy (non-hydrogen) atoms. The van der Waals surface area contributed by atoms with E-state index in [1.165, 1.54) is 10.9 Å². The number of rotatable bonds is 5. The lowest BCUT2D eigenvalue weighted by molar-refractivity contribution is 0.536. The van der Waals surface area contributed by atoms with E-state index in [-0.39, 0.29) is 6.04 Å². The Bertz CT molecular complexity index is 707. The van der Waals surface area contributed by atoms with Gasteiger partial charge < -0.3 is 5.32 Å². The standard InChI is InChI=1S/C17H18N4/c1-2-19-16(17-12-18-9-10-21-17)11-13-7-8-20-15-6-4-3-5-14(13)15/h3-10,12,16,19H,2,11H2,1H3. The topological polar surface area (TPSA) is 50.7 Å². The Kier molecular flexibility index (Phi) is 4.17. The van der Waals surface area contributed by atoms with Crippen molar-refractivity contribution in [2.24, 2.45) is 0 Å². The first-order chi connectivity index (χ1) is 10.4. The third-order valence-corrected chi connectivity index (χ3v) is 3.55. The van der Waals surface area contributed by atoms with Crippen molar-refractivity contribution >= 4 is 10.9 Å². The van der Waals surface area contributed by atoms with Crippen LogP contribution >= 0.6 is 0 Å². The summed E-state index contributed by atoms with van der Waals surface area (Å²) in [5, 5.41) is 4.69. The number of para-hydroxylation sites is 1. The van der Waals surface area contributed by atoms with Crippen molar-refractivity contribution in [1.82, 2.24) is 20.3 Å². The van der Waals surface area contributed by atoms with Crippen molar-refractivity contribution in [3.63, 3.8) is 0 Å². The minimum atomic E-state index is 0.162. The number of hydrogen-bond donors (Lipinski definition) is 1. The molecule has 2 aromatic heterocycles. The summed E-state index contributed by atoms with van der Waals surface area (Å²) in [6.45, 7) is 3.00. The van der Waals surface area contributed by atoms with Gasteiger partial charge in [-0.05, 0) is 30.7 Å². The molecule has 0 amide bonds. The van der Waals surface area contributed by atoms with E-state index in [2.05, 4.69) is 45.4 Å². The van der Waals surface area contributed by atoms with Crippen LogP contribution in [0.5, 0.6) is 0 Å². The SMILES string of the molecule is CCNC(Cc1ccnc2ccccc12)c1cnccn1. The van der Waals surface area contributed by atoms with Crippen molar-refractivity contribution in [3.8, 4) is 0 Å². The first kappa shape index (κ1) is 13.6. The van der Waals surface area contributed by atoms with Crippen molar-refractivity contribution in [2.75, 3.05) is 6.54 Å². The monoisotopic (exact) mass is 278 g/mol. The van der Waals surface area contributed by atoms with E-state index in [1.54, 1.807) is 12.4 Å². The Hall–Kier alpha value is -2.33. The van der Waals surface area contributed by atoms with Gasteiger partial charge in [0.05, 0.1) is 17.3 Å². The van der Waals surface area contributed by atoms with Gasteiger partial charge in [-0.3, -0.25) is 15.0 Å². The smallest absolute Gasteiger partial charge is 0.0759 e. The first-order valence-corrected chi connectivity index (χ1v) is 7.20. The highest BCUT2D eigenvalue weighted by molar-refractivity contribution is 5.81. The molecule has 4 heteroatoms. The van der Waals surface area contributed by atoms with Crippen LogP contribution in [0.4, 0.5) is 0 Å². The average Bonchev–Trinajstić information content (AvgIpc) is 2.55. The number of pyridine rings is 1. The normalized spacial score (nSPS) is 12.4. The zero-order valence-electron chi connectivity index (χ0n) is 12.0. The van der Waals surface area contributed by atoms with Crippen molar-refractivity contribution < 1.29 is 0 Å². The number of fused-ring (bicyclic) bond motifs is 1. The Morgan fingerprint density at radius 2 is 1.95 bits per heavy atom. The Balaban J connectivity index is 1.95. The number of aromatic nitrogens is 3. The summed E-state index contributed by atoms with van der Waals surface area (Å²) in [6, 6.07) is 10.5. The van der Waals surface area contributed by atoms with E-state index in [0.29, 0.717) is 0 Å². The van der Waals surface area contributed by atoms with E-state index in [4.69, 9.17) is 0 Å². The molecule has 0 bridgehead atoms. The summed E-state index contributed by atoms with van der Waals surface area (Å²) in [5.41, 5.74) is 3.28. The van der Waals surface area contributed by atoms with Crippen LogP contribution in [0.15, 0.2) is 55.1 Å². The van der Waals surface area contributed by atoms with E-state index < -0.39 is 0 Å². The van der Waals surface area contributed by atoms with Gasteiger partial charge in [0, 0.05) is 30.2 Å². The summed E-state index contributed by atoms with van der Waals surface area (Å²) >= 11 is 0. The predicted molar refractivity (Wildman–Crippen MR) is 83.9 cm³/mol. The molecule has 3 aromatic rings. The van der Waals surface area contributed by atoms with Crippen LogP contribution < -0.4 is 5.32 Å². The molecule has 0 aliphatic heterocycles. The van der Waals surface area contributed by atoms with Crippen LogP contribution in [0, 0.1) is 0 Å². The van der Waals surface area contributed by atoms with Gasteiger partial charge in [-0.15, -0.1) is 0 Å². The highest BCUT2D eigenvalue weighted by atomic mass is 14.9. The van der Waals surface area contributed by atoms with Gasteiger partial charge in [-0.25, -0.2) is 0 Å². The van der Waals surface area contributed by atoms with Crippen LogP contribution in [0.2, 0.25) is 0 Å². The average molecular weight is 278 g/mol. The maximum absolute atomic E-state index is 4.43. The molecular formula is C17H18N4. The lowest BCUT2D eigenvalue weighted by Crippen LogP contribution is -2.24. The predicted octanol–water partition coefficient (Wildman–Crippen LogP) is 2.92. The molecule has 0 radical (unpaired) electrons. The molecule has 1 atom stereocenters. The fraction of sp³-hybridized carbons (Fsp3) is 0.235. The van der Waals surface area contributed by atoms with Gasteiger partial charge in [0.25, 0.3) is 0 Å². The number of benzene rings is 1. The fourth-order valence-corrected chi connectivity index (χ4v) is 2.57. The highest BCUT2D eigenvalue weighted by Crippen LogP contribution is 2.22. The van der Waals surface area contributed by atoms with Crippen molar-refractivity contribution in [3.05, 3.63) is 66.4 Å². The maximum atomic E-state index is 4.43. The van der Waals surface area contributed by atoms with Gasteiger partial charge >= 0.3 is 0 Å². The number of hydrogen-bond acceptors (Lipinski definition) is 4. The highest BCUT2D eigenvalue weighted by Gasteiger charge is 2.14. The summed E-state index contributed by atoms with van der Waals surface area (Å²) in [6.07, 6.45) is 8.02. The molecule has 0 saturated heterocycles.